The molecule has 0 atom stereocenters. The monoisotopic (exact) mass is 466 g/mol. The second-order valence-corrected chi connectivity index (χ2v) is 6.67. The molecule has 3 N–H and O–H groups in total. The van der Waals surface area contributed by atoms with E-state index in [0.717, 1.165) is 25.0 Å². The van der Waals surface area contributed by atoms with Crippen molar-refractivity contribution in [2.75, 3.05) is 5.32 Å². The lowest BCUT2D eigenvalue weighted by molar-refractivity contribution is 1.48. The van der Waals surface area contributed by atoms with Gasteiger partial charge in [-0.05, 0) is 68.9 Å². The van der Waals surface area contributed by atoms with E-state index in [9.17, 15) is 0 Å². The second kappa shape index (κ2) is 6.39. The minimum absolute atomic E-state index is 0.346. The van der Waals surface area contributed by atoms with Gasteiger partial charge in [-0.2, -0.15) is 0 Å². The zero-order valence-corrected chi connectivity index (χ0v) is 14.9. The Labute approximate surface area is 144 Å². The fourth-order valence-corrected chi connectivity index (χ4v) is 3.55. The Bertz CT molecular complexity index is 649. The summed E-state index contributed by atoms with van der Waals surface area (Å²) in [6, 6.07) is 11.4. The van der Waals surface area contributed by atoms with E-state index in [4.69, 9.17) is 29.6 Å². The summed E-state index contributed by atoms with van der Waals surface area (Å²) in [6.45, 7) is 0. The predicted molar refractivity (Wildman–Crippen MR) is 97.5 cm³/mol. The van der Waals surface area contributed by atoms with E-state index in [-0.39, 0.29) is 0 Å². The number of benzene rings is 2. The lowest BCUT2D eigenvalue weighted by Crippen LogP contribution is -2.13. The van der Waals surface area contributed by atoms with E-state index < -0.39 is 0 Å². The van der Waals surface area contributed by atoms with Gasteiger partial charge in [0.1, 0.15) is 4.99 Å². The van der Waals surface area contributed by atoms with Gasteiger partial charge in [-0.3, -0.25) is 0 Å². The number of rotatable bonds is 3. The number of hydrogen-bond acceptors (Lipinski definition) is 2. The van der Waals surface area contributed by atoms with Gasteiger partial charge in [-0.1, -0.05) is 29.9 Å². The molecule has 2 rings (SSSR count). The molecular weight excluding hydrogens is 458 g/mol. The van der Waals surface area contributed by atoms with E-state index >= 15 is 0 Å². The zero-order chi connectivity index (χ0) is 14.0. The number of anilines is 2. The fourth-order valence-electron chi connectivity index (χ4n) is 1.61. The molecular formula is C13H9BrClIN2S. The first-order valence-electron chi connectivity index (χ1n) is 5.29. The molecule has 0 radical (unpaired) electrons. The minimum atomic E-state index is 0.346. The number of hydrogen-bond donors (Lipinski definition) is 2. The van der Waals surface area contributed by atoms with Crippen molar-refractivity contribution in [1.29, 1.82) is 0 Å². The van der Waals surface area contributed by atoms with Gasteiger partial charge in [-0.25, -0.2) is 0 Å². The van der Waals surface area contributed by atoms with Gasteiger partial charge in [0.05, 0.1) is 5.69 Å². The Balaban J connectivity index is 2.44. The molecule has 0 bridgehead atoms. The highest BCUT2D eigenvalue weighted by molar-refractivity contribution is 14.1. The van der Waals surface area contributed by atoms with Crippen molar-refractivity contribution in [3.8, 4) is 0 Å². The van der Waals surface area contributed by atoms with Crippen LogP contribution in [0.15, 0.2) is 40.9 Å². The molecule has 6 heteroatoms. The molecule has 0 spiro atoms. The lowest BCUT2D eigenvalue weighted by Gasteiger charge is -2.14. The van der Waals surface area contributed by atoms with Crippen LogP contribution in [-0.4, -0.2) is 4.99 Å². The summed E-state index contributed by atoms with van der Waals surface area (Å²) < 4.78 is 1.90. The maximum atomic E-state index is 5.95. The van der Waals surface area contributed by atoms with E-state index in [1.54, 1.807) is 0 Å². The summed E-state index contributed by atoms with van der Waals surface area (Å²) >= 11 is 16.7. The third-order valence-electron chi connectivity index (χ3n) is 2.46. The van der Waals surface area contributed by atoms with E-state index in [1.165, 1.54) is 0 Å². The van der Waals surface area contributed by atoms with Gasteiger partial charge < -0.3 is 11.1 Å². The van der Waals surface area contributed by atoms with Crippen molar-refractivity contribution >= 4 is 78.7 Å². The molecule has 0 aliphatic rings. The summed E-state index contributed by atoms with van der Waals surface area (Å²) in [5.74, 6) is 0. The smallest absolute Gasteiger partial charge is 0.107 e. The summed E-state index contributed by atoms with van der Waals surface area (Å²) in [5.41, 5.74) is 8.39. The molecule has 0 amide bonds. The predicted octanol–water partition coefficient (Wildman–Crippen LogP) is 5.08. The molecule has 0 saturated heterocycles. The van der Waals surface area contributed by atoms with Crippen LogP contribution >= 0.6 is 62.3 Å². The summed E-state index contributed by atoms with van der Waals surface area (Å²) in [7, 11) is 0. The lowest BCUT2D eigenvalue weighted by atomic mass is 10.1. The van der Waals surface area contributed by atoms with E-state index in [2.05, 4.69) is 43.8 Å². The van der Waals surface area contributed by atoms with Crippen LogP contribution in [0.25, 0.3) is 0 Å². The second-order valence-electron chi connectivity index (χ2n) is 3.78. The van der Waals surface area contributed by atoms with Crippen molar-refractivity contribution in [2.24, 2.45) is 5.73 Å². The first kappa shape index (κ1) is 15.0. The SMILES string of the molecule is NC(=S)c1c(Br)cccc1Nc1ccc(Cl)cc1I. The summed E-state index contributed by atoms with van der Waals surface area (Å²) in [6.07, 6.45) is 0. The molecule has 2 aromatic rings. The van der Waals surface area contributed by atoms with E-state index in [0.29, 0.717) is 10.0 Å². The van der Waals surface area contributed by atoms with Crippen LogP contribution in [0.3, 0.4) is 0 Å². The van der Waals surface area contributed by atoms with Crippen molar-refractivity contribution < 1.29 is 0 Å². The first-order valence-corrected chi connectivity index (χ1v) is 7.95. The number of halogens is 3. The molecule has 19 heavy (non-hydrogen) atoms. The average molecular weight is 468 g/mol. The van der Waals surface area contributed by atoms with Crippen molar-refractivity contribution in [1.82, 2.24) is 0 Å². The average Bonchev–Trinajstić information content (AvgIpc) is 2.32. The van der Waals surface area contributed by atoms with Crippen LogP contribution in [-0.2, 0) is 0 Å². The van der Waals surface area contributed by atoms with Crippen LogP contribution in [0.1, 0.15) is 5.56 Å². The standard InChI is InChI=1S/C13H9BrClIN2S/c14-8-2-1-3-11(12(8)13(17)19)18-10-5-4-7(15)6-9(10)16/h1-6,18H,(H2,17,19). The van der Waals surface area contributed by atoms with E-state index in [1.807, 2.05) is 36.4 Å². The van der Waals surface area contributed by atoms with Gasteiger partial charge >= 0.3 is 0 Å². The Morgan fingerprint density at radius 3 is 2.63 bits per heavy atom. The maximum absolute atomic E-state index is 5.95. The number of nitrogens with one attached hydrogen (secondary N) is 1. The van der Waals surface area contributed by atoms with Gasteiger partial charge in [0, 0.05) is 24.3 Å². The zero-order valence-electron chi connectivity index (χ0n) is 9.58. The van der Waals surface area contributed by atoms with Gasteiger partial charge in [0.2, 0.25) is 0 Å². The van der Waals surface area contributed by atoms with Crippen LogP contribution < -0.4 is 11.1 Å². The van der Waals surface area contributed by atoms with Crippen LogP contribution in [0.4, 0.5) is 11.4 Å². The Morgan fingerprint density at radius 2 is 2.00 bits per heavy atom. The number of thiocarbonyl (C=S) groups is 1. The topological polar surface area (TPSA) is 38.0 Å². The van der Waals surface area contributed by atoms with Gasteiger partial charge in [-0.15, -0.1) is 0 Å². The third kappa shape index (κ3) is 3.59. The van der Waals surface area contributed by atoms with Crippen LogP contribution in [0, 0.1) is 3.57 Å². The molecule has 0 heterocycles. The normalized spacial score (nSPS) is 10.3. The first-order chi connectivity index (χ1) is 8.99. The number of nitrogens with two attached hydrogens (primary N) is 1. The Morgan fingerprint density at radius 1 is 1.26 bits per heavy atom. The minimum Gasteiger partial charge on any atom is -0.389 e. The quantitative estimate of drug-likeness (QED) is 0.488. The highest BCUT2D eigenvalue weighted by Crippen LogP contribution is 2.30. The molecule has 0 saturated carbocycles. The van der Waals surface area contributed by atoms with Crippen molar-refractivity contribution in [2.45, 2.75) is 0 Å². The van der Waals surface area contributed by atoms with Gasteiger partial charge in [0.15, 0.2) is 0 Å². The summed E-state index contributed by atoms with van der Waals surface area (Å²) in [4.78, 5) is 0.346. The van der Waals surface area contributed by atoms with Crippen molar-refractivity contribution in [3.63, 3.8) is 0 Å². The molecule has 2 nitrogen and oxygen atoms in total. The Hall–Kier alpha value is -0.370. The summed E-state index contributed by atoms with van der Waals surface area (Å²) in [5, 5.41) is 4.03. The van der Waals surface area contributed by atoms with Gasteiger partial charge in [0.25, 0.3) is 0 Å². The molecule has 0 fully saturated rings. The highest BCUT2D eigenvalue weighted by atomic mass is 127. The molecule has 0 unspecified atom stereocenters. The Kier molecular flexibility index (Phi) is 5.05. The molecule has 2 aromatic carbocycles. The third-order valence-corrected chi connectivity index (χ3v) is 4.45. The maximum Gasteiger partial charge on any atom is 0.107 e. The van der Waals surface area contributed by atoms with Crippen LogP contribution in [0.2, 0.25) is 5.02 Å². The van der Waals surface area contributed by atoms with Crippen LogP contribution in [0.5, 0.6) is 0 Å². The largest absolute Gasteiger partial charge is 0.389 e. The molecule has 0 aliphatic heterocycles. The molecule has 0 aromatic heterocycles. The van der Waals surface area contributed by atoms with Crippen molar-refractivity contribution in [3.05, 3.63) is 55.0 Å². The highest BCUT2D eigenvalue weighted by Gasteiger charge is 2.10. The molecule has 98 valence electrons. The fraction of sp³-hybridized carbons (Fsp3) is 0. The molecule has 0 aliphatic carbocycles.